The van der Waals surface area contributed by atoms with Crippen LogP contribution >= 0.6 is 0 Å². The number of hydrogen-bond acceptors (Lipinski definition) is 3. The van der Waals surface area contributed by atoms with Gasteiger partial charge in [0.2, 0.25) is 5.88 Å². The van der Waals surface area contributed by atoms with E-state index in [9.17, 15) is 0 Å². The van der Waals surface area contributed by atoms with Crippen molar-refractivity contribution in [2.45, 2.75) is 6.92 Å². The normalized spacial score (nSPS) is 10.3. The van der Waals surface area contributed by atoms with Crippen molar-refractivity contribution in [2.24, 2.45) is 0 Å². The molecule has 0 atom stereocenters. The summed E-state index contributed by atoms with van der Waals surface area (Å²) < 4.78 is 5.11. The van der Waals surface area contributed by atoms with Crippen molar-refractivity contribution in [1.29, 1.82) is 0 Å². The van der Waals surface area contributed by atoms with Crippen molar-refractivity contribution in [1.82, 2.24) is 9.97 Å². The average molecular weight is 174 g/mol. The minimum absolute atomic E-state index is 0.584. The largest absolute Gasteiger partial charge is 0.479 e. The van der Waals surface area contributed by atoms with Gasteiger partial charge in [0.25, 0.3) is 0 Å². The van der Waals surface area contributed by atoms with E-state index >= 15 is 0 Å². The minimum Gasteiger partial charge on any atom is -0.479 e. The molecule has 3 heteroatoms. The Kier molecular flexibility index (Phi) is 1.85. The van der Waals surface area contributed by atoms with Gasteiger partial charge in [-0.1, -0.05) is 6.07 Å². The molecular formula is C10H10N2O. The van der Waals surface area contributed by atoms with Crippen LogP contribution in [0.2, 0.25) is 0 Å². The summed E-state index contributed by atoms with van der Waals surface area (Å²) in [6.07, 6.45) is 1.72. The summed E-state index contributed by atoms with van der Waals surface area (Å²) in [4.78, 5) is 8.44. The van der Waals surface area contributed by atoms with Crippen molar-refractivity contribution in [2.75, 3.05) is 7.11 Å². The molecule has 0 radical (unpaired) electrons. The van der Waals surface area contributed by atoms with E-state index in [-0.39, 0.29) is 0 Å². The van der Waals surface area contributed by atoms with Crippen LogP contribution in [0.25, 0.3) is 10.9 Å². The summed E-state index contributed by atoms with van der Waals surface area (Å²) >= 11 is 0. The van der Waals surface area contributed by atoms with Crippen LogP contribution in [-0.4, -0.2) is 17.1 Å². The standard InChI is InChI=1S/C10H10N2O/c1-7-3-4-8-5-6-11-10(13-2)9(8)12-7/h3-6H,1-2H3. The second kappa shape index (κ2) is 3.01. The molecule has 66 valence electrons. The quantitative estimate of drug-likeness (QED) is 0.662. The molecule has 0 fully saturated rings. The maximum atomic E-state index is 5.11. The number of ether oxygens (including phenoxy) is 1. The predicted molar refractivity (Wildman–Crippen MR) is 50.8 cm³/mol. The highest BCUT2D eigenvalue weighted by Gasteiger charge is 2.02. The van der Waals surface area contributed by atoms with Crippen LogP contribution in [0.5, 0.6) is 5.88 Å². The van der Waals surface area contributed by atoms with Gasteiger partial charge in [0.1, 0.15) is 5.52 Å². The van der Waals surface area contributed by atoms with Gasteiger partial charge in [0.15, 0.2) is 0 Å². The van der Waals surface area contributed by atoms with Crippen molar-refractivity contribution in [3.05, 3.63) is 30.1 Å². The van der Waals surface area contributed by atoms with E-state index in [0.29, 0.717) is 5.88 Å². The monoisotopic (exact) mass is 174 g/mol. The number of pyridine rings is 2. The molecule has 0 amide bonds. The Hall–Kier alpha value is -1.64. The molecular weight excluding hydrogens is 164 g/mol. The molecule has 0 unspecified atom stereocenters. The van der Waals surface area contributed by atoms with Gasteiger partial charge in [-0.2, -0.15) is 0 Å². The molecule has 0 bridgehead atoms. The second-order valence-corrected chi connectivity index (χ2v) is 2.84. The van der Waals surface area contributed by atoms with Gasteiger partial charge in [-0.3, -0.25) is 0 Å². The SMILES string of the molecule is COc1nccc2ccc(C)nc12. The molecule has 13 heavy (non-hydrogen) atoms. The zero-order valence-electron chi connectivity index (χ0n) is 7.61. The van der Waals surface area contributed by atoms with Crippen molar-refractivity contribution in [3.63, 3.8) is 0 Å². The van der Waals surface area contributed by atoms with E-state index < -0.39 is 0 Å². The average Bonchev–Trinajstić information content (AvgIpc) is 2.17. The Morgan fingerprint density at radius 1 is 1.23 bits per heavy atom. The number of aromatic nitrogens is 2. The highest BCUT2D eigenvalue weighted by Crippen LogP contribution is 2.20. The predicted octanol–water partition coefficient (Wildman–Crippen LogP) is 1.95. The van der Waals surface area contributed by atoms with E-state index in [1.807, 2.05) is 25.1 Å². The summed E-state index contributed by atoms with van der Waals surface area (Å²) in [6.45, 7) is 1.95. The lowest BCUT2D eigenvalue weighted by Gasteiger charge is -2.02. The van der Waals surface area contributed by atoms with Gasteiger partial charge in [-0.05, 0) is 19.1 Å². The first kappa shape index (κ1) is 7.98. The number of fused-ring (bicyclic) bond motifs is 1. The molecule has 3 nitrogen and oxygen atoms in total. The van der Waals surface area contributed by atoms with Crippen molar-refractivity contribution in [3.8, 4) is 5.88 Å². The molecule has 2 aromatic heterocycles. The fourth-order valence-corrected chi connectivity index (χ4v) is 1.27. The molecule has 2 aromatic rings. The second-order valence-electron chi connectivity index (χ2n) is 2.84. The lowest BCUT2D eigenvalue weighted by molar-refractivity contribution is 0.402. The Balaban J connectivity index is 2.79. The van der Waals surface area contributed by atoms with Gasteiger partial charge >= 0.3 is 0 Å². The first-order valence-corrected chi connectivity index (χ1v) is 4.07. The molecule has 0 aromatic carbocycles. The molecule has 0 N–H and O–H groups in total. The zero-order valence-corrected chi connectivity index (χ0v) is 7.61. The fraction of sp³-hybridized carbons (Fsp3) is 0.200. The number of hydrogen-bond donors (Lipinski definition) is 0. The minimum atomic E-state index is 0.584. The number of rotatable bonds is 1. The first-order chi connectivity index (χ1) is 6.31. The highest BCUT2D eigenvalue weighted by molar-refractivity contribution is 5.82. The summed E-state index contributed by atoms with van der Waals surface area (Å²) in [5, 5.41) is 1.05. The zero-order chi connectivity index (χ0) is 9.26. The Labute approximate surface area is 76.4 Å². The fourth-order valence-electron chi connectivity index (χ4n) is 1.27. The smallest absolute Gasteiger partial charge is 0.240 e. The molecule has 0 saturated heterocycles. The van der Waals surface area contributed by atoms with Crippen LogP contribution in [-0.2, 0) is 0 Å². The van der Waals surface area contributed by atoms with Crippen LogP contribution in [0.3, 0.4) is 0 Å². The molecule has 2 rings (SSSR count). The van der Waals surface area contributed by atoms with Gasteiger partial charge < -0.3 is 4.74 Å². The van der Waals surface area contributed by atoms with E-state index in [1.165, 1.54) is 0 Å². The molecule has 0 aliphatic carbocycles. The van der Waals surface area contributed by atoms with Crippen LogP contribution < -0.4 is 4.74 Å². The van der Waals surface area contributed by atoms with E-state index in [1.54, 1.807) is 13.3 Å². The van der Waals surface area contributed by atoms with Gasteiger partial charge in [-0.15, -0.1) is 0 Å². The summed E-state index contributed by atoms with van der Waals surface area (Å²) in [7, 11) is 1.60. The van der Waals surface area contributed by atoms with Gasteiger partial charge in [0, 0.05) is 17.3 Å². The number of nitrogens with zero attached hydrogens (tertiary/aromatic N) is 2. The molecule has 2 heterocycles. The van der Waals surface area contributed by atoms with Crippen LogP contribution in [0.4, 0.5) is 0 Å². The van der Waals surface area contributed by atoms with E-state index in [0.717, 1.165) is 16.6 Å². The first-order valence-electron chi connectivity index (χ1n) is 4.07. The Bertz CT molecular complexity index is 440. The van der Waals surface area contributed by atoms with E-state index in [2.05, 4.69) is 9.97 Å². The van der Waals surface area contributed by atoms with Crippen molar-refractivity contribution >= 4 is 10.9 Å². The van der Waals surface area contributed by atoms with Crippen LogP contribution in [0.1, 0.15) is 5.69 Å². The van der Waals surface area contributed by atoms with E-state index in [4.69, 9.17) is 4.74 Å². The van der Waals surface area contributed by atoms with Crippen LogP contribution in [0, 0.1) is 6.92 Å². The lowest BCUT2D eigenvalue weighted by Crippen LogP contribution is -1.91. The lowest BCUT2D eigenvalue weighted by atomic mass is 10.2. The summed E-state index contributed by atoms with van der Waals surface area (Å²) in [5.74, 6) is 0.584. The topological polar surface area (TPSA) is 35.0 Å². The molecule has 0 spiro atoms. The third kappa shape index (κ3) is 1.33. The molecule has 0 saturated carbocycles. The molecule has 0 aliphatic heterocycles. The van der Waals surface area contributed by atoms with Crippen molar-refractivity contribution < 1.29 is 4.74 Å². The maximum absolute atomic E-state index is 5.11. The Morgan fingerprint density at radius 2 is 2.08 bits per heavy atom. The van der Waals surface area contributed by atoms with Gasteiger partial charge in [-0.25, -0.2) is 9.97 Å². The third-order valence-electron chi connectivity index (χ3n) is 1.91. The Morgan fingerprint density at radius 3 is 2.85 bits per heavy atom. The summed E-state index contributed by atoms with van der Waals surface area (Å²) in [6, 6.07) is 5.91. The summed E-state index contributed by atoms with van der Waals surface area (Å²) in [5.41, 5.74) is 1.80. The van der Waals surface area contributed by atoms with Crippen LogP contribution in [0.15, 0.2) is 24.4 Å². The third-order valence-corrected chi connectivity index (χ3v) is 1.91. The number of aryl methyl sites for hydroxylation is 1. The number of methoxy groups -OCH3 is 1. The highest BCUT2D eigenvalue weighted by atomic mass is 16.5. The molecule has 0 aliphatic rings. The van der Waals surface area contributed by atoms with Gasteiger partial charge in [0.05, 0.1) is 7.11 Å². The maximum Gasteiger partial charge on any atom is 0.240 e.